The molecule has 0 aliphatic carbocycles. The second-order valence-electron chi connectivity index (χ2n) is 3.91. The van der Waals surface area contributed by atoms with Crippen molar-refractivity contribution in [3.05, 3.63) is 15.8 Å². The van der Waals surface area contributed by atoms with Gasteiger partial charge < -0.3 is 9.64 Å². The van der Waals surface area contributed by atoms with Gasteiger partial charge in [0.25, 0.3) is 5.91 Å². The van der Waals surface area contributed by atoms with Crippen molar-refractivity contribution in [2.24, 2.45) is 0 Å². The second kappa shape index (κ2) is 6.76. The number of hydrogen-bond acceptors (Lipinski definition) is 3. The number of carbonyl (C=O) groups excluding carboxylic acids is 1. The van der Waals surface area contributed by atoms with Gasteiger partial charge >= 0.3 is 12.8 Å². The molecule has 1 amide bonds. The first-order valence-electron chi connectivity index (χ1n) is 5.48. The van der Waals surface area contributed by atoms with E-state index in [1.165, 1.54) is 6.92 Å². The lowest BCUT2D eigenvalue weighted by atomic mass is 10.3. The van der Waals surface area contributed by atoms with Crippen LogP contribution in [0.4, 0.5) is 22.0 Å². The first-order valence-corrected chi connectivity index (χ1v) is 6.30. The van der Waals surface area contributed by atoms with Crippen LogP contribution < -0.4 is 4.74 Å². The summed E-state index contributed by atoms with van der Waals surface area (Å²) in [6.07, 6.45) is 0.279. The zero-order chi connectivity index (χ0) is 16.2. The monoisotopic (exact) mass is 327 g/mol. The van der Waals surface area contributed by atoms with Crippen molar-refractivity contribution in [2.45, 2.75) is 19.7 Å². The fourth-order valence-electron chi connectivity index (χ4n) is 1.49. The molecular formula is C12H10F5NO2S. The first-order chi connectivity index (χ1) is 9.64. The molecular weight excluding hydrogens is 317 g/mol. The summed E-state index contributed by atoms with van der Waals surface area (Å²) in [7, 11) is 0. The van der Waals surface area contributed by atoms with Crippen molar-refractivity contribution < 1.29 is 31.5 Å². The fourth-order valence-corrected chi connectivity index (χ4v) is 2.41. The predicted octanol–water partition coefficient (Wildman–Crippen LogP) is 3.30. The molecule has 1 heterocycles. The molecule has 0 atom stereocenters. The molecule has 21 heavy (non-hydrogen) atoms. The smallest absolute Gasteiger partial charge is 0.406 e. The maximum Gasteiger partial charge on any atom is 0.406 e. The van der Waals surface area contributed by atoms with Gasteiger partial charge in [0, 0.05) is 4.88 Å². The SMILES string of the molecule is C#CCN(CC(F)(F)F)C(=O)c1sc(C)cc1OC(F)F. The molecule has 0 N–H and O–H groups in total. The molecule has 0 aromatic carbocycles. The summed E-state index contributed by atoms with van der Waals surface area (Å²) >= 11 is 0.759. The molecule has 9 heteroatoms. The van der Waals surface area contributed by atoms with Crippen LogP contribution in [-0.2, 0) is 0 Å². The summed E-state index contributed by atoms with van der Waals surface area (Å²) in [6.45, 7) is -3.84. The van der Waals surface area contributed by atoms with Crippen molar-refractivity contribution in [2.75, 3.05) is 13.1 Å². The van der Waals surface area contributed by atoms with E-state index in [0.717, 1.165) is 17.4 Å². The van der Waals surface area contributed by atoms with E-state index in [1.54, 1.807) is 0 Å². The summed E-state index contributed by atoms with van der Waals surface area (Å²) in [4.78, 5) is 12.5. The number of carbonyl (C=O) groups is 1. The van der Waals surface area contributed by atoms with E-state index in [-0.39, 0.29) is 4.88 Å². The van der Waals surface area contributed by atoms with E-state index >= 15 is 0 Å². The molecule has 0 saturated carbocycles. The Kier molecular flexibility index (Phi) is 5.54. The molecule has 0 fully saturated rings. The third-order valence-corrected chi connectivity index (χ3v) is 3.19. The third-order valence-electron chi connectivity index (χ3n) is 2.17. The minimum absolute atomic E-state index is 0.340. The van der Waals surface area contributed by atoms with Crippen LogP contribution in [0, 0.1) is 19.3 Å². The Labute approximate surface area is 121 Å². The highest BCUT2D eigenvalue weighted by molar-refractivity contribution is 7.14. The zero-order valence-electron chi connectivity index (χ0n) is 10.7. The number of aryl methyl sites for hydroxylation is 1. The number of thiophene rings is 1. The number of terminal acetylenes is 1. The highest BCUT2D eigenvalue weighted by atomic mass is 32.1. The fraction of sp³-hybridized carbons (Fsp3) is 0.417. The van der Waals surface area contributed by atoms with Crippen molar-refractivity contribution in [1.29, 1.82) is 0 Å². The molecule has 0 unspecified atom stereocenters. The van der Waals surface area contributed by atoms with Gasteiger partial charge in [-0.3, -0.25) is 4.79 Å². The van der Waals surface area contributed by atoms with Crippen LogP contribution >= 0.6 is 11.3 Å². The standard InChI is InChI=1S/C12H10F5NO2S/c1-3-4-18(6-12(15,16)17)10(19)9-8(20-11(13)14)5-7(2)21-9/h1,5,11H,4,6H2,2H3. The molecule has 3 nitrogen and oxygen atoms in total. The van der Waals surface area contributed by atoms with Gasteiger partial charge in [-0.2, -0.15) is 22.0 Å². The quantitative estimate of drug-likeness (QED) is 0.613. The van der Waals surface area contributed by atoms with Crippen LogP contribution in [0.2, 0.25) is 0 Å². The lowest BCUT2D eigenvalue weighted by Crippen LogP contribution is -2.39. The van der Waals surface area contributed by atoms with Gasteiger partial charge in [-0.05, 0) is 13.0 Å². The molecule has 0 radical (unpaired) electrons. The molecule has 0 bridgehead atoms. The molecule has 0 saturated heterocycles. The topological polar surface area (TPSA) is 29.5 Å². The highest BCUT2D eigenvalue weighted by Gasteiger charge is 2.34. The number of nitrogens with zero attached hydrogens (tertiary/aromatic N) is 1. The summed E-state index contributed by atoms with van der Waals surface area (Å²) in [5.74, 6) is 0.374. The Bertz CT molecular complexity index is 547. The molecule has 0 aliphatic heterocycles. The van der Waals surface area contributed by atoms with E-state index in [4.69, 9.17) is 6.42 Å². The van der Waals surface area contributed by atoms with Gasteiger partial charge in [0.2, 0.25) is 0 Å². The Morgan fingerprint density at radius 1 is 1.52 bits per heavy atom. The van der Waals surface area contributed by atoms with Gasteiger partial charge in [-0.15, -0.1) is 17.8 Å². The van der Waals surface area contributed by atoms with E-state index < -0.39 is 37.5 Å². The molecule has 1 aromatic rings. The summed E-state index contributed by atoms with van der Waals surface area (Å²) < 4.78 is 65.9. The number of ether oxygens (including phenoxy) is 1. The summed E-state index contributed by atoms with van der Waals surface area (Å²) in [5, 5.41) is 0. The Hall–Kier alpha value is -1.82. The first kappa shape index (κ1) is 17.2. The Morgan fingerprint density at radius 2 is 2.14 bits per heavy atom. The van der Waals surface area contributed by atoms with Crippen LogP contribution in [0.25, 0.3) is 0 Å². The average molecular weight is 327 g/mol. The normalized spacial score (nSPS) is 11.3. The van der Waals surface area contributed by atoms with Crippen LogP contribution in [0.5, 0.6) is 5.75 Å². The Balaban J connectivity index is 3.06. The van der Waals surface area contributed by atoms with Crippen molar-refractivity contribution >= 4 is 17.2 Å². The third kappa shape index (κ3) is 5.23. The van der Waals surface area contributed by atoms with Gasteiger partial charge in [-0.1, -0.05) is 5.92 Å². The van der Waals surface area contributed by atoms with E-state index in [0.29, 0.717) is 9.78 Å². The van der Waals surface area contributed by atoms with Gasteiger partial charge in [0.05, 0.1) is 6.54 Å². The van der Waals surface area contributed by atoms with Gasteiger partial charge in [-0.25, -0.2) is 0 Å². The van der Waals surface area contributed by atoms with Crippen molar-refractivity contribution in [3.8, 4) is 18.1 Å². The van der Waals surface area contributed by atoms with Gasteiger partial charge in [0.1, 0.15) is 17.2 Å². The van der Waals surface area contributed by atoms with Crippen LogP contribution in [-0.4, -0.2) is 36.7 Å². The van der Waals surface area contributed by atoms with Crippen LogP contribution in [0.3, 0.4) is 0 Å². The lowest BCUT2D eigenvalue weighted by Gasteiger charge is -2.21. The van der Waals surface area contributed by atoms with E-state index in [2.05, 4.69) is 4.74 Å². The summed E-state index contributed by atoms with van der Waals surface area (Å²) in [6, 6.07) is 1.16. The maximum absolute atomic E-state index is 12.4. The average Bonchev–Trinajstić information content (AvgIpc) is 2.66. The Morgan fingerprint density at radius 3 is 2.62 bits per heavy atom. The maximum atomic E-state index is 12.4. The number of rotatable bonds is 5. The molecule has 1 aromatic heterocycles. The predicted molar refractivity (Wildman–Crippen MR) is 66.5 cm³/mol. The molecule has 1 rings (SSSR count). The lowest BCUT2D eigenvalue weighted by molar-refractivity contribution is -0.139. The van der Waals surface area contributed by atoms with E-state index in [1.807, 2.05) is 5.92 Å². The van der Waals surface area contributed by atoms with Gasteiger partial charge in [0.15, 0.2) is 0 Å². The molecule has 0 spiro atoms. The molecule has 116 valence electrons. The van der Waals surface area contributed by atoms with Crippen LogP contribution in [0.15, 0.2) is 6.07 Å². The number of amides is 1. The number of alkyl halides is 5. The van der Waals surface area contributed by atoms with Crippen molar-refractivity contribution in [1.82, 2.24) is 4.90 Å². The number of hydrogen-bond donors (Lipinski definition) is 0. The van der Waals surface area contributed by atoms with E-state index in [9.17, 15) is 26.7 Å². The van der Waals surface area contributed by atoms with Crippen molar-refractivity contribution in [3.63, 3.8) is 0 Å². The summed E-state index contributed by atoms with van der Waals surface area (Å²) in [5.41, 5.74) is 0. The van der Waals surface area contributed by atoms with Crippen LogP contribution in [0.1, 0.15) is 14.5 Å². The zero-order valence-corrected chi connectivity index (χ0v) is 11.5. The highest BCUT2D eigenvalue weighted by Crippen LogP contribution is 2.32. The minimum Gasteiger partial charge on any atom is -0.433 e. The second-order valence-corrected chi connectivity index (χ2v) is 5.17. The molecule has 0 aliphatic rings. The largest absolute Gasteiger partial charge is 0.433 e. The minimum atomic E-state index is -4.65. The number of halogens is 5.